The average molecular weight is 383 g/mol. The molecule has 6 heteroatoms. The summed E-state index contributed by atoms with van der Waals surface area (Å²) in [6, 6.07) is 11.1. The van der Waals surface area contributed by atoms with Crippen molar-refractivity contribution < 1.29 is 9.53 Å². The normalized spacial score (nSPS) is 10.6. The molecule has 1 aromatic carbocycles. The molecule has 5 nitrogen and oxygen atoms in total. The van der Waals surface area contributed by atoms with Crippen molar-refractivity contribution in [1.29, 1.82) is 0 Å². The molecule has 0 unspecified atom stereocenters. The minimum atomic E-state index is -0.381. The lowest BCUT2D eigenvalue weighted by Crippen LogP contribution is -2.11. The van der Waals surface area contributed by atoms with Gasteiger partial charge in [0.2, 0.25) is 0 Å². The number of pyridine rings is 2. The van der Waals surface area contributed by atoms with Crippen LogP contribution in [0, 0.1) is 0 Å². The van der Waals surface area contributed by atoms with Gasteiger partial charge in [-0.15, -0.1) is 0 Å². The van der Waals surface area contributed by atoms with Gasteiger partial charge in [0.25, 0.3) is 5.56 Å². The van der Waals surface area contributed by atoms with Crippen LogP contribution in [-0.2, 0) is 17.6 Å². The smallest absolute Gasteiger partial charge is 0.339 e. The van der Waals surface area contributed by atoms with Crippen molar-refractivity contribution in [3.63, 3.8) is 0 Å². The highest BCUT2D eigenvalue weighted by Gasteiger charge is 2.10. The van der Waals surface area contributed by atoms with Crippen molar-refractivity contribution in [2.45, 2.75) is 19.8 Å². The number of rotatable bonds is 6. The van der Waals surface area contributed by atoms with Gasteiger partial charge < -0.3 is 9.72 Å². The largest absolute Gasteiger partial charge is 0.462 e. The molecular weight excluding hydrogens is 364 g/mol. The standard InChI is InChI=1S/C21H19ClN2O3/c1-2-27-21(26)18-9-15(12-23-13-18)8-14-5-6-16(19(22)10-14)11-17-4-3-7-24-20(17)25/h3-7,9-10,12-13H,2,8,11H2,1H3,(H,24,25). The third kappa shape index (κ3) is 4.83. The highest BCUT2D eigenvalue weighted by Crippen LogP contribution is 2.22. The number of esters is 1. The number of carbonyl (C=O) groups excluding carboxylic acids is 1. The Hall–Kier alpha value is -2.92. The minimum Gasteiger partial charge on any atom is -0.462 e. The summed E-state index contributed by atoms with van der Waals surface area (Å²) in [4.78, 5) is 30.5. The van der Waals surface area contributed by atoms with E-state index in [9.17, 15) is 9.59 Å². The second kappa shape index (κ2) is 8.64. The van der Waals surface area contributed by atoms with E-state index in [1.807, 2.05) is 18.2 Å². The van der Waals surface area contributed by atoms with Crippen LogP contribution >= 0.6 is 11.6 Å². The third-order valence-electron chi connectivity index (χ3n) is 4.11. The number of carbonyl (C=O) groups is 1. The van der Waals surface area contributed by atoms with Crippen LogP contribution in [0.3, 0.4) is 0 Å². The molecule has 0 fully saturated rings. The number of halogens is 1. The van der Waals surface area contributed by atoms with Crippen LogP contribution in [0.1, 0.15) is 39.5 Å². The summed E-state index contributed by atoms with van der Waals surface area (Å²) < 4.78 is 5.01. The second-order valence-corrected chi connectivity index (χ2v) is 6.51. The first-order valence-electron chi connectivity index (χ1n) is 8.61. The van der Waals surface area contributed by atoms with Crippen LogP contribution in [0.15, 0.2) is 59.8 Å². The first kappa shape index (κ1) is 18.9. The highest BCUT2D eigenvalue weighted by atomic mass is 35.5. The molecule has 0 saturated heterocycles. The number of hydrogen-bond donors (Lipinski definition) is 1. The molecule has 0 radical (unpaired) electrons. The van der Waals surface area contributed by atoms with Gasteiger partial charge in [-0.2, -0.15) is 0 Å². The molecule has 2 heterocycles. The summed E-state index contributed by atoms with van der Waals surface area (Å²) in [5, 5.41) is 0.602. The molecule has 0 aliphatic heterocycles. The summed E-state index contributed by atoms with van der Waals surface area (Å²) in [7, 11) is 0. The molecule has 0 spiro atoms. The maximum absolute atomic E-state index is 11.8. The van der Waals surface area contributed by atoms with Crippen LogP contribution in [-0.4, -0.2) is 22.5 Å². The Bertz CT molecular complexity index is 1010. The van der Waals surface area contributed by atoms with Crippen molar-refractivity contribution in [3.8, 4) is 0 Å². The van der Waals surface area contributed by atoms with Gasteiger partial charge in [-0.1, -0.05) is 29.8 Å². The van der Waals surface area contributed by atoms with Gasteiger partial charge in [0.15, 0.2) is 0 Å². The Labute approximate surface area is 162 Å². The van der Waals surface area contributed by atoms with E-state index in [1.165, 1.54) is 6.20 Å². The van der Waals surface area contributed by atoms with Crippen LogP contribution in [0.4, 0.5) is 0 Å². The number of nitrogens with one attached hydrogen (secondary N) is 1. The summed E-state index contributed by atoms with van der Waals surface area (Å²) in [6.07, 6.45) is 5.87. The van der Waals surface area contributed by atoms with Crippen molar-refractivity contribution >= 4 is 17.6 Å². The van der Waals surface area contributed by atoms with E-state index in [0.29, 0.717) is 35.6 Å². The number of aromatic nitrogens is 2. The first-order chi connectivity index (χ1) is 13.1. The molecule has 2 aromatic heterocycles. The van der Waals surface area contributed by atoms with E-state index in [2.05, 4.69) is 9.97 Å². The van der Waals surface area contributed by atoms with Crippen molar-refractivity contribution in [2.75, 3.05) is 6.61 Å². The van der Waals surface area contributed by atoms with Crippen LogP contribution in [0.5, 0.6) is 0 Å². The monoisotopic (exact) mass is 382 g/mol. The lowest BCUT2D eigenvalue weighted by atomic mass is 10.0. The molecule has 0 atom stereocenters. The summed E-state index contributed by atoms with van der Waals surface area (Å²) in [6.45, 7) is 2.09. The zero-order valence-electron chi connectivity index (χ0n) is 14.9. The topological polar surface area (TPSA) is 72.0 Å². The zero-order chi connectivity index (χ0) is 19.2. The average Bonchev–Trinajstić information content (AvgIpc) is 2.66. The van der Waals surface area contributed by atoms with Crippen molar-refractivity contribution in [1.82, 2.24) is 9.97 Å². The number of ether oxygens (including phenoxy) is 1. The van der Waals surface area contributed by atoms with E-state index in [4.69, 9.17) is 16.3 Å². The maximum atomic E-state index is 11.8. The van der Waals surface area contributed by atoms with E-state index in [0.717, 1.165) is 16.7 Å². The van der Waals surface area contributed by atoms with E-state index < -0.39 is 0 Å². The van der Waals surface area contributed by atoms with Gasteiger partial charge in [-0.3, -0.25) is 9.78 Å². The van der Waals surface area contributed by atoms with Crippen molar-refractivity contribution in [2.24, 2.45) is 0 Å². The quantitative estimate of drug-likeness (QED) is 0.658. The number of H-pyrrole nitrogens is 1. The van der Waals surface area contributed by atoms with E-state index in [1.54, 1.807) is 37.5 Å². The molecule has 0 saturated carbocycles. The van der Waals surface area contributed by atoms with Gasteiger partial charge in [0.05, 0.1) is 12.2 Å². The summed E-state index contributed by atoms with van der Waals surface area (Å²) in [5.41, 5.74) is 3.76. The molecule has 138 valence electrons. The van der Waals surface area contributed by atoms with Crippen LogP contribution < -0.4 is 5.56 Å². The van der Waals surface area contributed by atoms with Gasteiger partial charge >= 0.3 is 5.97 Å². The Kier molecular flexibility index (Phi) is 6.04. The number of aromatic amines is 1. The van der Waals surface area contributed by atoms with Crippen LogP contribution in [0.2, 0.25) is 5.02 Å². The molecule has 1 N–H and O–H groups in total. The number of nitrogens with zero attached hydrogens (tertiary/aromatic N) is 1. The molecule has 3 aromatic rings. The lowest BCUT2D eigenvalue weighted by Gasteiger charge is -2.08. The Balaban J connectivity index is 1.76. The zero-order valence-corrected chi connectivity index (χ0v) is 15.6. The molecule has 0 aliphatic carbocycles. The molecule has 0 amide bonds. The molecular formula is C21H19ClN2O3. The van der Waals surface area contributed by atoms with Gasteiger partial charge in [-0.05, 0) is 48.2 Å². The van der Waals surface area contributed by atoms with Crippen LogP contribution in [0.25, 0.3) is 0 Å². The molecule has 3 rings (SSSR count). The minimum absolute atomic E-state index is 0.112. The predicted octanol–water partition coefficient (Wildman–Crippen LogP) is 3.78. The predicted molar refractivity (Wildman–Crippen MR) is 104 cm³/mol. The fraction of sp³-hybridized carbons (Fsp3) is 0.190. The first-order valence-corrected chi connectivity index (χ1v) is 8.99. The maximum Gasteiger partial charge on any atom is 0.339 e. The number of hydrogen-bond acceptors (Lipinski definition) is 4. The fourth-order valence-electron chi connectivity index (χ4n) is 2.79. The number of benzene rings is 1. The third-order valence-corrected chi connectivity index (χ3v) is 4.46. The fourth-order valence-corrected chi connectivity index (χ4v) is 3.06. The van der Waals surface area contributed by atoms with E-state index >= 15 is 0 Å². The SMILES string of the molecule is CCOC(=O)c1cncc(Cc2ccc(Cc3ccc[nH]c3=O)c(Cl)c2)c1. The lowest BCUT2D eigenvalue weighted by molar-refractivity contribution is 0.0525. The van der Waals surface area contributed by atoms with Gasteiger partial charge in [0, 0.05) is 35.6 Å². The Morgan fingerprint density at radius 1 is 1.11 bits per heavy atom. The second-order valence-electron chi connectivity index (χ2n) is 6.11. The Morgan fingerprint density at radius 2 is 1.96 bits per heavy atom. The van der Waals surface area contributed by atoms with Gasteiger partial charge in [-0.25, -0.2) is 4.79 Å². The van der Waals surface area contributed by atoms with Crippen molar-refractivity contribution in [3.05, 3.63) is 98.2 Å². The molecule has 0 bridgehead atoms. The van der Waals surface area contributed by atoms with Gasteiger partial charge in [0.1, 0.15) is 0 Å². The highest BCUT2D eigenvalue weighted by molar-refractivity contribution is 6.31. The summed E-state index contributed by atoms with van der Waals surface area (Å²) >= 11 is 6.42. The Morgan fingerprint density at radius 3 is 2.70 bits per heavy atom. The van der Waals surface area contributed by atoms with E-state index in [-0.39, 0.29) is 11.5 Å². The molecule has 0 aliphatic rings. The summed E-state index contributed by atoms with van der Waals surface area (Å²) in [5.74, 6) is -0.381. The molecule has 27 heavy (non-hydrogen) atoms.